The molecule has 0 radical (unpaired) electrons. The number of carbonyl (C=O) groups excluding carboxylic acids is 1. The molecule has 3 rings (SSSR count). The van der Waals surface area contributed by atoms with Crippen LogP contribution in [0.15, 0.2) is 54.6 Å². The first-order chi connectivity index (χ1) is 9.79. The van der Waals surface area contributed by atoms with Crippen molar-refractivity contribution in [3.8, 4) is 0 Å². The van der Waals surface area contributed by atoms with Gasteiger partial charge in [-0.3, -0.25) is 4.79 Å². The van der Waals surface area contributed by atoms with Crippen LogP contribution < -0.4 is 0 Å². The Morgan fingerprint density at radius 3 is 2.50 bits per heavy atom. The van der Waals surface area contributed by atoms with Crippen molar-refractivity contribution < 1.29 is 9.53 Å². The average molecular weight is 264 g/mol. The van der Waals surface area contributed by atoms with Crippen LogP contribution in [-0.4, -0.2) is 13.1 Å². The minimum absolute atomic E-state index is 0.0843. The molecular weight excluding hydrogens is 248 g/mol. The van der Waals surface area contributed by atoms with Gasteiger partial charge in [-0.25, -0.2) is 0 Å². The lowest BCUT2D eigenvalue weighted by Crippen LogP contribution is -2.08. The quantitative estimate of drug-likeness (QED) is 0.786. The second-order valence-electron chi connectivity index (χ2n) is 4.93. The minimum atomic E-state index is -0.173. The van der Waals surface area contributed by atoms with Crippen molar-refractivity contribution in [2.45, 2.75) is 12.3 Å². The topological polar surface area (TPSA) is 26.3 Å². The van der Waals surface area contributed by atoms with Gasteiger partial charge in [0.1, 0.15) is 0 Å². The van der Waals surface area contributed by atoms with E-state index in [2.05, 4.69) is 30.3 Å². The molecule has 1 atom stereocenters. The summed E-state index contributed by atoms with van der Waals surface area (Å²) in [6.45, 7) is 0. The lowest BCUT2D eigenvalue weighted by Gasteiger charge is -2.16. The molecule has 0 amide bonds. The Morgan fingerprint density at radius 1 is 1.05 bits per heavy atom. The normalized spacial score (nSPS) is 16.4. The van der Waals surface area contributed by atoms with E-state index in [0.717, 1.165) is 5.56 Å². The molecule has 0 spiro atoms. The Kier molecular flexibility index (Phi) is 3.38. The lowest BCUT2D eigenvalue weighted by atomic mass is 9.89. The average Bonchev–Trinajstić information content (AvgIpc) is 2.87. The summed E-state index contributed by atoms with van der Waals surface area (Å²) >= 11 is 0. The number of carbonyl (C=O) groups is 1. The van der Waals surface area contributed by atoms with Gasteiger partial charge in [0.2, 0.25) is 0 Å². The maximum absolute atomic E-state index is 11.7. The van der Waals surface area contributed by atoms with Crippen molar-refractivity contribution in [2.24, 2.45) is 0 Å². The van der Waals surface area contributed by atoms with Crippen LogP contribution in [0.25, 0.3) is 11.6 Å². The summed E-state index contributed by atoms with van der Waals surface area (Å²) in [4.78, 5) is 11.7. The molecule has 0 fully saturated rings. The fourth-order valence-corrected chi connectivity index (χ4v) is 2.78. The van der Waals surface area contributed by atoms with Crippen LogP contribution in [0.2, 0.25) is 0 Å². The number of rotatable bonds is 3. The molecule has 0 aliphatic heterocycles. The third-order valence-corrected chi connectivity index (χ3v) is 3.76. The molecule has 1 aliphatic carbocycles. The van der Waals surface area contributed by atoms with E-state index in [9.17, 15) is 4.79 Å². The van der Waals surface area contributed by atoms with E-state index in [1.165, 1.54) is 23.8 Å². The van der Waals surface area contributed by atoms with Crippen molar-refractivity contribution in [1.29, 1.82) is 0 Å². The van der Waals surface area contributed by atoms with Gasteiger partial charge in [0.05, 0.1) is 13.5 Å². The summed E-state index contributed by atoms with van der Waals surface area (Å²) in [7, 11) is 1.44. The summed E-state index contributed by atoms with van der Waals surface area (Å²) in [6, 6.07) is 18.4. The first-order valence-corrected chi connectivity index (χ1v) is 6.72. The van der Waals surface area contributed by atoms with E-state index >= 15 is 0 Å². The van der Waals surface area contributed by atoms with E-state index in [1.807, 2.05) is 30.3 Å². The van der Waals surface area contributed by atoms with E-state index in [4.69, 9.17) is 4.74 Å². The molecule has 1 aliphatic rings. The molecule has 0 heterocycles. The van der Waals surface area contributed by atoms with E-state index < -0.39 is 0 Å². The third kappa shape index (κ3) is 2.25. The summed E-state index contributed by atoms with van der Waals surface area (Å²) in [5, 5.41) is 0. The van der Waals surface area contributed by atoms with Gasteiger partial charge in [0, 0.05) is 5.92 Å². The SMILES string of the molecule is COC(=O)CC1C(c2ccccc2)=Cc2ccccc21. The van der Waals surface area contributed by atoms with Crippen molar-refractivity contribution in [3.05, 3.63) is 71.3 Å². The summed E-state index contributed by atoms with van der Waals surface area (Å²) in [6.07, 6.45) is 2.56. The van der Waals surface area contributed by atoms with E-state index in [1.54, 1.807) is 0 Å². The number of ether oxygens (including phenoxy) is 1. The maximum atomic E-state index is 11.7. The molecule has 0 aromatic heterocycles. The second kappa shape index (κ2) is 5.33. The minimum Gasteiger partial charge on any atom is -0.469 e. The largest absolute Gasteiger partial charge is 0.469 e. The lowest BCUT2D eigenvalue weighted by molar-refractivity contribution is -0.140. The molecule has 20 heavy (non-hydrogen) atoms. The Bertz CT molecular complexity index is 656. The third-order valence-electron chi connectivity index (χ3n) is 3.76. The molecule has 2 aromatic carbocycles. The Labute approximate surface area is 118 Å². The molecular formula is C18H16O2. The van der Waals surface area contributed by atoms with Crippen LogP contribution in [0, 0.1) is 0 Å². The van der Waals surface area contributed by atoms with Gasteiger partial charge in [0.15, 0.2) is 0 Å². The van der Waals surface area contributed by atoms with Crippen LogP contribution in [-0.2, 0) is 9.53 Å². The molecule has 2 nitrogen and oxygen atoms in total. The number of hydrogen-bond acceptors (Lipinski definition) is 2. The van der Waals surface area contributed by atoms with Gasteiger partial charge in [-0.2, -0.15) is 0 Å². The first kappa shape index (κ1) is 12.7. The molecule has 100 valence electrons. The summed E-state index contributed by atoms with van der Waals surface area (Å²) < 4.78 is 4.85. The predicted molar refractivity (Wildman–Crippen MR) is 80.1 cm³/mol. The Hall–Kier alpha value is -2.35. The van der Waals surface area contributed by atoms with Crippen LogP contribution >= 0.6 is 0 Å². The smallest absolute Gasteiger partial charge is 0.306 e. The zero-order valence-electron chi connectivity index (χ0n) is 11.4. The van der Waals surface area contributed by atoms with Crippen LogP contribution in [0.4, 0.5) is 0 Å². The number of methoxy groups -OCH3 is 1. The highest BCUT2D eigenvalue weighted by Crippen LogP contribution is 2.43. The van der Waals surface area contributed by atoms with Gasteiger partial charge in [-0.1, -0.05) is 60.7 Å². The van der Waals surface area contributed by atoms with Crippen LogP contribution in [0.3, 0.4) is 0 Å². The van der Waals surface area contributed by atoms with Gasteiger partial charge in [-0.15, -0.1) is 0 Å². The van der Waals surface area contributed by atoms with Crippen molar-refractivity contribution in [3.63, 3.8) is 0 Å². The fraction of sp³-hybridized carbons (Fsp3) is 0.167. The zero-order chi connectivity index (χ0) is 13.9. The van der Waals surface area contributed by atoms with E-state index in [-0.39, 0.29) is 11.9 Å². The number of esters is 1. The molecule has 0 N–H and O–H groups in total. The first-order valence-electron chi connectivity index (χ1n) is 6.72. The highest BCUT2D eigenvalue weighted by molar-refractivity contribution is 5.93. The molecule has 0 saturated carbocycles. The predicted octanol–water partition coefficient (Wildman–Crippen LogP) is 3.89. The molecule has 2 heteroatoms. The molecule has 0 saturated heterocycles. The molecule has 1 unspecified atom stereocenters. The van der Waals surface area contributed by atoms with Crippen molar-refractivity contribution in [2.75, 3.05) is 7.11 Å². The van der Waals surface area contributed by atoms with Crippen molar-refractivity contribution in [1.82, 2.24) is 0 Å². The number of fused-ring (bicyclic) bond motifs is 1. The second-order valence-corrected chi connectivity index (χ2v) is 4.93. The summed E-state index contributed by atoms with van der Waals surface area (Å²) in [5.74, 6) is -0.0883. The number of hydrogen-bond donors (Lipinski definition) is 0. The number of benzene rings is 2. The molecule has 2 aromatic rings. The summed E-state index contributed by atoms with van der Waals surface area (Å²) in [5.41, 5.74) is 4.76. The Morgan fingerprint density at radius 2 is 1.75 bits per heavy atom. The monoisotopic (exact) mass is 264 g/mol. The number of allylic oxidation sites excluding steroid dienone is 1. The Balaban J connectivity index is 2.03. The van der Waals surface area contributed by atoms with Crippen LogP contribution in [0.5, 0.6) is 0 Å². The van der Waals surface area contributed by atoms with Gasteiger partial charge in [-0.05, 0) is 22.3 Å². The van der Waals surface area contributed by atoms with Gasteiger partial charge < -0.3 is 4.74 Å². The zero-order valence-corrected chi connectivity index (χ0v) is 11.4. The standard InChI is InChI=1S/C18H16O2/c1-20-18(19)12-17-15-10-6-5-9-14(15)11-16(17)13-7-3-2-4-8-13/h2-11,17H,12H2,1H3. The van der Waals surface area contributed by atoms with Gasteiger partial charge in [0.25, 0.3) is 0 Å². The van der Waals surface area contributed by atoms with E-state index in [0.29, 0.717) is 6.42 Å². The highest BCUT2D eigenvalue weighted by atomic mass is 16.5. The fourth-order valence-electron chi connectivity index (χ4n) is 2.78. The highest BCUT2D eigenvalue weighted by Gasteiger charge is 2.28. The maximum Gasteiger partial charge on any atom is 0.306 e. The molecule has 0 bridgehead atoms. The van der Waals surface area contributed by atoms with Crippen LogP contribution in [0.1, 0.15) is 29.0 Å². The van der Waals surface area contributed by atoms with Gasteiger partial charge >= 0.3 is 5.97 Å². The van der Waals surface area contributed by atoms with Crippen molar-refractivity contribution >= 4 is 17.6 Å².